The van der Waals surface area contributed by atoms with Crippen LogP contribution in [0.25, 0.3) is 11.4 Å². The molecule has 1 aromatic heterocycles. The molecule has 0 saturated heterocycles. The zero-order chi connectivity index (χ0) is 22.0. The highest BCUT2D eigenvalue weighted by Gasteiger charge is 2.47. The molecule has 2 aromatic carbocycles. The molecule has 1 atom stereocenters. The van der Waals surface area contributed by atoms with E-state index in [-0.39, 0.29) is 24.1 Å². The van der Waals surface area contributed by atoms with Crippen molar-refractivity contribution in [1.29, 1.82) is 5.26 Å². The number of halogens is 3. The monoisotopic (exact) mass is 452 g/mol. The van der Waals surface area contributed by atoms with Crippen molar-refractivity contribution in [2.24, 2.45) is 4.99 Å². The summed E-state index contributed by atoms with van der Waals surface area (Å²) < 4.78 is 32.8. The number of para-hydroxylation sites is 1. The molecule has 4 heterocycles. The molecule has 3 aromatic rings. The third kappa shape index (κ3) is 2.50. The van der Waals surface area contributed by atoms with Gasteiger partial charge in [0.1, 0.15) is 18.3 Å². The number of hydrogen-bond donors (Lipinski definition) is 0. The van der Waals surface area contributed by atoms with E-state index in [9.17, 15) is 14.0 Å². The summed E-state index contributed by atoms with van der Waals surface area (Å²) in [6.07, 6.45) is 3.64. The molecule has 1 unspecified atom stereocenters. The minimum atomic E-state index is -0.804. The smallest absolute Gasteiger partial charge is 0.313 e. The molecule has 0 radical (unpaired) electrons. The molecule has 0 bridgehead atoms. The second kappa shape index (κ2) is 6.66. The Labute approximate surface area is 184 Å². The summed E-state index contributed by atoms with van der Waals surface area (Å²) in [6, 6.07) is 10.7. The highest BCUT2D eigenvalue weighted by molar-refractivity contribution is 6.23. The summed E-state index contributed by atoms with van der Waals surface area (Å²) >= 11 is 6.55. The molecule has 3 aliphatic heterocycles. The van der Waals surface area contributed by atoms with E-state index in [1.165, 1.54) is 11.0 Å². The summed E-state index contributed by atoms with van der Waals surface area (Å²) in [6.45, 7) is 0.141. The molecule has 0 saturated carbocycles. The van der Waals surface area contributed by atoms with Crippen LogP contribution in [-0.4, -0.2) is 38.2 Å². The highest BCUT2D eigenvalue weighted by Crippen LogP contribution is 2.43. The second-order valence-electron chi connectivity index (χ2n) is 7.05. The zero-order valence-electron chi connectivity index (χ0n) is 16.0. The van der Waals surface area contributed by atoms with Crippen molar-refractivity contribution in [2.45, 2.75) is 5.62 Å². The molecule has 0 N–H and O–H groups in total. The number of alkyl halides is 1. The molecular formula is C20H11ClF2N8O. The first-order valence-corrected chi connectivity index (χ1v) is 9.84. The molecule has 6 rings (SSSR count). The van der Waals surface area contributed by atoms with Crippen molar-refractivity contribution in [2.75, 3.05) is 16.6 Å². The third-order valence-corrected chi connectivity index (χ3v) is 5.69. The molecule has 3 aliphatic rings. The van der Waals surface area contributed by atoms with E-state index in [0.29, 0.717) is 11.7 Å². The first kappa shape index (κ1) is 18.6. The first-order chi connectivity index (χ1) is 15.6. The Kier molecular flexibility index (Phi) is 3.87. The fourth-order valence-electron chi connectivity index (χ4n) is 3.88. The van der Waals surface area contributed by atoms with Crippen LogP contribution < -0.4 is 9.91 Å². The number of nitriles is 1. The maximum Gasteiger partial charge on any atom is 0.345 e. The van der Waals surface area contributed by atoms with Gasteiger partial charge in [-0.1, -0.05) is 28.9 Å². The number of benzene rings is 2. The summed E-state index contributed by atoms with van der Waals surface area (Å²) in [5.74, 6) is -0.365. The van der Waals surface area contributed by atoms with E-state index >= 15 is 0 Å². The molecule has 9 nitrogen and oxygen atoms in total. The minimum Gasteiger partial charge on any atom is -0.313 e. The van der Waals surface area contributed by atoms with Gasteiger partial charge in [-0.15, -0.1) is 0 Å². The lowest BCUT2D eigenvalue weighted by Gasteiger charge is -2.40. The van der Waals surface area contributed by atoms with Crippen LogP contribution in [0.2, 0.25) is 0 Å². The summed E-state index contributed by atoms with van der Waals surface area (Å²) in [4.78, 5) is 12.0. The van der Waals surface area contributed by atoms with Crippen LogP contribution in [0.4, 0.5) is 20.5 Å². The van der Waals surface area contributed by atoms with Gasteiger partial charge < -0.3 is 4.52 Å². The average Bonchev–Trinajstić information content (AvgIpc) is 3.50. The van der Waals surface area contributed by atoms with E-state index in [4.69, 9.17) is 16.1 Å². The molecular weight excluding hydrogens is 442 g/mol. The predicted octanol–water partition coefficient (Wildman–Crippen LogP) is 3.39. The first-order valence-electron chi connectivity index (χ1n) is 9.40. The number of hydrogen-bond acceptors (Lipinski definition) is 9. The normalized spacial score (nSPS) is 18.8. The van der Waals surface area contributed by atoms with Gasteiger partial charge in [-0.2, -0.15) is 10.2 Å². The highest BCUT2D eigenvalue weighted by atomic mass is 35.5. The van der Waals surface area contributed by atoms with Gasteiger partial charge in [0.15, 0.2) is 23.5 Å². The summed E-state index contributed by atoms with van der Waals surface area (Å²) in [5.41, 5.74) is 0.838. The van der Waals surface area contributed by atoms with E-state index in [1.807, 2.05) is 30.5 Å². The van der Waals surface area contributed by atoms with E-state index < -0.39 is 17.3 Å². The Morgan fingerprint density at radius 1 is 1.16 bits per heavy atom. The summed E-state index contributed by atoms with van der Waals surface area (Å²) in [7, 11) is 0. The van der Waals surface area contributed by atoms with Crippen LogP contribution in [0, 0.1) is 23.1 Å². The lowest BCUT2D eigenvalue weighted by Crippen LogP contribution is -2.50. The second-order valence-corrected chi connectivity index (χ2v) is 7.44. The third-order valence-electron chi connectivity index (χ3n) is 5.29. The van der Waals surface area contributed by atoms with E-state index in [1.54, 1.807) is 21.1 Å². The topological polar surface area (TPSA) is 88.0 Å². The van der Waals surface area contributed by atoms with E-state index in [2.05, 4.69) is 15.1 Å². The Morgan fingerprint density at radius 3 is 2.81 bits per heavy atom. The number of anilines is 2. The SMILES string of the molecule is N#CN1C=C2N(c3ccccc3C3=NCN(c4nc(-c5ccc(F)cc5F)no4)N23)C1Cl. The van der Waals surface area contributed by atoms with Crippen LogP contribution >= 0.6 is 11.6 Å². The molecule has 0 spiro atoms. The number of hydrazine groups is 1. The number of amidine groups is 1. The average molecular weight is 453 g/mol. The number of rotatable bonds is 2. The quantitative estimate of drug-likeness (QED) is 0.332. The number of aromatic nitrogens is 2. The Hall–Kier alpha value is -4.17. The van der Waals surface area contributed by atoms with Gasteiger partial charge in [0.2, 0.25) is 5.82 Å². The minimum absolute atomic E-state index is 0.00362. The standard InChI is InChI=1S/C20H11ClF2N8O/c21-19-28(9-24)8-16-30(19)15-4-2-1-3-13(15)18-25-10-29(31(16)18)20-26-17(27-32-20)12-6-5-11(22)7-14(12)23/h1-8,19H,10H2. The van der Waals surface area contributed by atoms with Crippen LogP contribution in [-0.2, 0) is 0 Å². The van der Waals surface area contributed by atoms with Gasteiger partial charge in [0, 0.05) is 11.6 Å². The molecule has 0 fully saturated rings. The van der Waals surface area contributed by atoms with Crippen LogP contribution in [0.15, 0.2) is 64.0 Å². The van der Waals surface area contributed by atoms with Gasteiger partial charge in [-0.05, 0) is 24.3 Å². The van der Waals surface area contributed by atoms with Crippen LogP contribution in [0.1, 0.15) is 5.56 Å². The lowest BCUT2D eigenvalue weighted by molar-refractivity contribution is 0.368. The Morgan fingerprint density at radius 2 is 2.00 bits per heavy atom. The van der Waals surface area contributed by atoms with Crippen molar-refractivity contribution < 1.29 is 13.3 Å². The molecule has 12 heteroatoms. The largest absolute Gasteiger partial charge is 0.345 e. The van der Waals surface area contributed by atoms with Crippen molar-refractivity contribution in [3.8, 4) is 17.6 Å². The molecule has 0 aliphatic carbocycles. The van der Waals surface area contributed by atoms with Crippen molar-refractivity contribution >= 4 is 29.1 Å². The van der Waals surface area contributed by atoms with Crippen molar-refractivity contribution in [3.63, 3.8) is 0 Å². The van der Waals surface area contributed by atoms with E-state index in [0.717, 1.165) is 23.4 Å². The number of fused-ring (bicyclic) bond motifs is 6. The number of aliphatic imine (C=N–C) groups is 1. The maximum atomic E-state index is 14.2. The van der Waals surface area contributed by atoms with Gasteiger partial charge in [-0.3, -0.25) is 4.90 Å². The lowest BCUT2D eigenvalue weighted by atomic mass is 10.1. The van der Waals surface area contributed by atoms with Gasteiger partial charge in [0.25, 0.3) is 0 Å². The maximum absolute atomic E-state index is 14.2. The predicted molar refractivity (Wildman–Crippen MR) is 109 cm³/mol. The Balaban J connectivity index is 1.43. The van der Waals surface area contributed by atoms with Crippen molar-refractivity contribution in [1.82, 2.24) is 20.0 Å². The molecule has 158 valence electrons. The molecule has 32 heavy (non-hydrogen) atoms. The van der Waals surface area contributed by atoms with Crippen LogP contribution in [0.3, 0.4) is 0 Å². The zero-order valence-corrected chi connectivity index (χ0v) is 16.8. The van der Waals surface area contributed by atoms with Gasteiger partial charge >= 0.3 is 6.01 Å². The molecule has 0 amide bonds. The van der Waals surface area contributed by atoms with Crippen molar-refractivity contribution in [3.05, 3.63) is 71.7 Å². The van der Waals surface area contributed by atoms with Crippen LogP contribution in [0.5, 0.6) is 0 Å². The summed E-state index contributed by atoms with van der Waals surface area (Å²) in [5, 5.41) is 16.6. The van der Waals surface area contributed by atoms with Gasteiger partial charge in [-0.25, -0.2) is 28.7 Å². The fourth-order valence-corrected chi connectivity index (χ4v) is 4.19. The fraction of sp³-hybridized carbons (Fsp3) is 0.100. The Bertz CT molecular complexity index is 1370. The van der Waals surface area contributed by atoms with Gasteiger partial charge in [0.05, 0.1) is 17.5 Å². The number of nitrogens with zero attached hydrogens (tertiary/aromatic N) is 8.